The van der Waals surface area contributed by atoms with Gasteiger partial charge < -0.3 is 14.4 Å². The Balaban J connectivity index is 1.82. The van der Waals surface area contributed by atoms with E-state index in [9.17, 15) is 9.18 Å². The van der Waals surface area contributed by atoms with E-state index in [0.717, 1.165) is 5.56 Å². The summed E-state index contributed by atoms with van der Waals surface area (Å²) in [5.41, 5.74) is 1.24. The first-order valence-electron chi connectivity index (χ1n) is 7.21. The maximum atomic E-state index is 13.4. The number of carbonyl (C=O) groups excluding carboxylic acids is 1. The zero-order valence-electron chi connectivity index (χ0n) is 12.5. The van der Waals surface area contributed by atoms with Gasteiger partial charge in [0.05, 0.1) is 5.56 Å². The van der Waals surface area contributed by atoms with Crippen LogP contribution in [0.15, 0.2) is 40.9 Å². The minimum absolute atomic E-state index is 0.214. The van der Waals surface area contributed by atoms with Gasteiger partial charge in [-0.2, -0.15) is 0 Å². The molecule has 0 atom stereocenters. The van der Waals surface area contributed by atoms with E-state index in [1.807, 2.05) is 25.1 Å². The normalized spacial score (nSPS) is 12.3. The van der Waals surface area contributed by atoms with Crippen molar-refractivity contribution in [3.8, 4) is 11.5 Å². The number of carbonyl (C=O) groups is 1. The third-order valence-corrected chi connectivity index (χ3v) is 4.33. The van der Waals surface area contributed by atoms with Gasteiger partial charge in [-0.3, -0.25) is 4.79 Å². The van der Waals surface area contributed by atoms with Crippen LogP contribution in [0, 0.1) is 5.82 Å². The number of ether oxygens (including phenoxy) is 2. The summed E-state index contributed by atoms with van der Waals surface area (Å²) >= 11 is 3.30. The number of fused-ring (bicyclic) bond motifs is 1. The van der Waals surface area contributed by atoms with Crippen LogP contribution >= 0.6 is 15.9 Å². The highest BCUT2D eigenvalue weighted by Crippen LogP contribution is 2.33. The molecule has 0 radical (unpaired) electrons. The Labute approximate surface area is 141 Å². The van der Waals surface area contributed by atoms with Crippen LogP contribution in [-0.2, 0) is 6.54 Å². The minimum atomic E-state index is -0.435. The van der Waals surface area contributed by atoms with Crippen molar-refractivity contribution in [1.29, 1.82) is 0 Å². The summed E-state index contributed by atoms with van der Waals surface area (Å²) in [5, 5.41) is 0. The summed E-state index contributed by atoms with van der Waals surface area (Å²) in [6.45, 7) is 3.02. The molecule has 120 valence electrons. The van der Waals surface area contributed by atoms with E-state index < -0.39 is 5.82 Å². The molecule has 0 aliphatic carbocycles. The van der Waals surface area contributed by atoms with Crippen LogP contribution in [0.3, 0.4) is 0 Å². The number of nitrogens with zero attached hydrogens (tertiary/aromatic N) is 1. The molecule has 1 heterocycles. The molecule has 6 heteroatoms. The number of amides is 1. The van der Waals surface area contributed by atoms with Gasteiger partial charge in [-0.25, -0.2) is 4.39 Å². The molecule has 4 nitrogen and oxygen atoms in total. The molecule has 3 rings (SSSR count). The fourth-order valence-electron chi connectivity index (χ4n) is 2.42. The summed E-state index contributed by atoms with van der Waals surface area (Å²) in [4.78, 5) is 14.3. The molecule has 1 aliphatic heterocycles. The van der Waals surface area contributed by atoms with Crippen LogP contribution in [0.4, 0.5) is 4.39 Å². The summed E-state index contributed by atoms with van der Waals surface area (Å²) in [6, 6.07) is 9.68. The molecule has 0 saturated carbocycles. The monoisotopic (exact) mass is 379 g/mol. The molecule has 1 aliphatic rings. The lowest BCUT2D eigenvalue weighted by molar-refractivity contribution is 0.0751. The van der Waals surface area contributed by atoms with E-state index in [0.29, 0.717) is 34.6 Å². The van der Waals surface area contributed by atoms with Gasteiger partial charge in [0.15, 0.2) is 11.5 Å². The lowest BCUT2D eigenvalue weighted by atomic mass is 10.1. The third-order valence-electron chi connectivity index (χ3n) is 3.64. The first-order valence-corrected chi connectivity index (χ1v) is 8.00. The smallest absolute Gasteiger partial charge is 0.255 e. The molecule has 2 aromatic rings. The Morgan fingerprint density at radius 3 is 2.78 bits per heavy atom. The zero-order chi connectivity index (χ0) is 16.4. The Hall–Kier alpha value is -2.08. The zero-order valence-corrected chi connectivity index (χ0v) is 14.1. The molecule has 0 fully saturated rings. The Morgan fingerprint density at radius 1 is 1.22 bits per heavy atom. The van der Waals surface area contributed by atoms with Gasteiger partial charge in [0.1, 0.15) is 5.82 Å². The topological polar surface area (TPSA) is 38.8 Å². The van der Waals surface area contributed by atoms with Crippen LogP contribution in [-0.4, -0.2) is 24.1 Å². The highest BCUT2D eigenvalue weighted by Gasteiger charge is 2.19. The fourth-order valence-corrected chi connectivity index (χ4v) is 2.83. The van der Waals surface area contributed by atoms with Crippen molar-refractivity contribution in [1.82, 2.24) is 4.90 Å². The van der Waals surface area contributed by atoms with E-state index in [-0.39, 0.29) is 12.7 Å². The van der Waals surface area contributed by atoms with Crippen molar-refractivity contribution in [3.63, 3.8) is 0 Å². The molecular weight excluding hydrogens is 365 g/mol. The molecule has 0 bridgehead atoms. The van der Waals surface area contributed by atoms with Gasteiger partial charge >= 0.3 is 0 Å². The number of halogens is 2. The predicted molar refractivity (Wildman–Crippen MR) is 87.1 cm³/mol. The van der Waals surface area contributed by atoms with Crippen LogP contribution in [0.25, 0.3) is 0 Å². The van der Waals surface area contributed by atoms with Gasteiger partial charge in [-0.05, 0) is 58.7 Å². The van der Waals surface area contributed by atoms with Gasteiger partial charge in [0, 0.05) is 17.6 Å². The van der Waals surface area contributed by atoms with Crippen molar-refractivity contribution >= 4 is 21.8 Å². The van der Waals surface area contributed by atoms with E-state index in [2.05, 4.69) is 15.9 Å². The number of hydrogen-bond donors (Lipinski definition) is 0. The summed E-state index contributed by atoms with van der Waals surface area (Å²) in [5.74, 6) is 0.723. The average Bonchev–Trinajstić information content (AvgIpc) is 3.02. The summed E-state index contributed by atoms with van der Waals surface area (Å²) in [7, 11) is 0. The van der Waals surface area contributed by atoms with E-state index >= 15 is 0 Å². The van der Waals surface area contributed by atoms with Crippen molar-refractivity contribution in [2.75, 3.05) is 13.3 Å². The molecule has 0 aromatic heterocycles. The molecule has 1 amide bonds. The quantitative estimate of drug-likeness (QED) is 0.806. The van der Waals surface area contributed by atoms with E-state index in [1.165, 1.54) is 18.2 Å². The number of benzene rings is 2. The second-order valence-electron chi connectivity index (χ2n) is 5.13. The van der Waals surface area contributed by atoms with E-state index in [4.69, 9.17) is 9.47 Å². The fraction of sp³-hybridized carbons (Fsp3) is 0.235. The third kappa shape index (κ3) is 3.32. The first kappa shape index (κ1) is 15.8. The lowest BCUT2D eigenvalue weighted by Gasteiger charge is -2.22. The van der Waals surface area contributed by atoms with Crippen LogP contribution in [0.1, 0.15) is 22.8 Å². The SMILES string of the molecule is CCN(Cc1ccc2c(c1)OCO2)C(=O)c1cc(F)ccc1Br. The Morgan fingerprint density at radius 2 is 2.00 bits per heavy atom. The Kier molecular flexibility index (Phi) is 4.52. The number of rotatable bonds is 4. The summed E-state index contributed by atoms with van der Waals surface area (Å²) < 4.78 is 24.6. The lowest BCUT2D eigenvalue weighted by Crippen LogP contribution is -2.30. The average molecular weight is 380 g/mol. The van der Waals surface area contributed by atoms with Crippen molar-refractivity contribution in [3.05, 3.63) is 57.8 Å². The minimum Gasteiger partial charge on any atom is -0.454 e. The van der Waals surface area contributed by atoms with Crippen molar-refractivity contribution in [2.45, 2.75) is 13.5 Å². The predicted octanol–water partition coefficient (Wildman–Crippen LogP) is 3.98. The van der Waals surface area contributed by atoms with Crippen LogP contribution in [0.2, 0.25) is 0 Å². The standard InChI is InChI=1S/C17H15BrFNO3/c1-2-20(17(21)13-8-12(19)4-5-14(13)18)9-11-3-6-15-16(7-11)23-10-22-15/h3-8H,2,9-10H2,1H3. The largest absolute Gasteiger partial charge is 0.454 e. The second kappa shape index (κ2) is 6.58. The molecule has 0 saturated heterocycles. The van der Waals surface area contributed by atoms with Gasteiger partial charge in [0.25, 0.3) is 5.91 Å². The molecular formula is C17H15BrFNO3. The van der Waals surface area contributed by atoms with Gasteiger partial charge in [-0.1, -0.05) is 6.07 Å². The van der Waals surface area contributed by atoms with Crippen molar-refractivity contribution in [2.24, 2.45) is 0 Å². The Bertz CT molecular complexity index is 751. The second-order valence-corrected chi connectivity index (χ2v) is 5.99. The first-order chi connectivity index (χ1) is 11.1. The highest BCUT2D eigenvalue weighted by molar-refractivity contribution is 9.10. The molecule has 0 N–H and O–H groups in total. The molecule has 0 spiro atoms. The molecule has 2 aromatic carbocycles. The van der Waals surface area contributed by atoms with E-state index in [1.54, 1.807) is 4.90 Å². The highest BCUT2D eigenvalue weighted by atomic mass is 79.9. The molecule has 0 unspecified atom stereocenters. The van der Waals surface area contributed by atoms with Gasteiger partial charge in [-0.15, -0.1) is 0 Å². The van der Waals surface area contributed by atoms with Crippen LogP contribution < -0.4 is 9.47 Å². The maximum Gasteiger partial charge on any atom is 0.255 e. The molecule has 23 heavy (non-hydrogen) atoms. The summed E-state index contributed by atoms with van der Waals surface area (Å²) in [6.07, 6.45) is 0. The van der Waals surface area contributed by atoms with Gasteiger partial charge in [0.2, 0.25) is 6.79 Å². The van der Waals surface area contributed by atoms with Crippen molar-refractivity contribution < 1.29 is 18.7 Å². The van der Waals surface area contributed by atoms with Crippen LogP contribution in [0.5, 0.6) is 11.5 Å². The number of hydrogen-bond acceptors (Lipinski definition) is 3. The maximum absolute atomic E-state index is 13.4.